The standard InChI is InChI=1S/C20H32ClNO6Si/c1-19(2,3)27-18(26)22-15(17(24)25)16(28-29(7,8)20(4,5)6)12-9-10-14(23)13(21)11-12/h9-11,15-16,23H,1-8H3,(H,22,26)(H,24,25)/t15-,16-/m1/s1. The van der Waals surface area contributed by atoms with Gasteiger partial charge in [-0.25, -0.2) is 9.59 Å². The zero-order chi connectivity index (χ0) is 22.8. The van der Waals surface area contributed by atoms with Crippen molar-refractivity contribution in [3.8, 4) is 5.75 Å². The van der Waals surface area contributed by atoms with Gasteiger partial charge < -0.3 is 24.7 Å². The van der Waals surface area contributed by atoms with E-state index in [0.29, 0.717) is 5.56 Å². The highest BCUT2D eigenvalue weighted by Crippen LogP contribution is 2.41. The molecule has 0 spiro atoms. The molecule has 7 nitrogen and oxygen atoms in total. The van der Waals surface area contributed by atoms with E-state index in [9.17, 15) is 19.8 Å². The number of ether oxygens (including phenoxy) is 1. The summed E-state index contributed by atoms with van der Waals surface area (Å²) in [6.45, 7) is 15.1. The lowest BCUT2D eigenvalue weighted by Crippen LogP contribution is -2.51. The van der Waals surface area contributed by atoms with Crippen molar-refractivity contribution in [2.24, 2.45) is 0 Å². The van der Waals surface area contributed by atoms with Crippen molar-refractivity contribution in [2.45, 2.75) is 77.4 Å². The molecule has 0 heterocycles. The maximum absolute atomic E-state index is 12.3. The monoisotopic (exact) mass is 445 g/mol. The topological polar surface area (TPSA) is 105 Å². The quantitative estimate of drug-likeness (QED) is 0.527. The summed E-state index contributed by atoms with van der Waals surface area (Å²) in [6, 6.07) is 2.93. The van der Waals surface area contributed by atoms with Gasteiger partial charge in [0.05, 0.1) is 5.02 Å². The molecule has 3 N–H and O–H groups in total. The molecule has 1 aromatic carbocycles. The molecular weight excluding hydrogens is 414 g/mol. The minimum Gasteiger partial charge on any atom is -0.506 e. The number of phenols is 1. The van der Waals surface area contributed by atoms with Gasteiger partial charge in [-0.05, 0) is 56.6 Å². The fraction of sp³-hybridized carbons (Fsp3) is 0.600. The predicted octanol–water partition coefficient (Wildman–Crippen LogP) is 5.09. The normalized spacial score (nSPS) is 14.8. The second-order valence-corrected chi connectivity index (χ2v) is 14.6. The maximum atomic E-state index is 12.3. The highest BCUT2D eigenvalue weighted by atomic mass is 35.5. The van der Waals surface area contributed by atoms with Crippen LogP contribution in [0.2, 0.25) is 23.2 Å². The number of phenolic OH excluding ortho intramolecular Hbond substituents is 1. The number of aliphatic carboxylic acids is 1. The van der Waals surface area contributed by atoms with Gasteiger partial charge in [0.2, 0.25) is 0 Å². The van der Waals surface area contributed by atoms with E-state index in [2.05, 4.69) is 5.32 Å². The van der Waals surface area contributed by atoms with Crippen molar-refractivity contribution in [3.05, 3.63) is 28.8 Å². The van der Waals surface area contributed by atoms with Crippen LogP contribution in [0.25, 0.3) is 0 Å². The van der Waals surface area contributed by atoms with Crippen LogP contribution in [0.4, 0.5) is 4.79 Å². The lowest BCUT2D eigenvalue weighted by molar-refractivity contribution is -0.142. The largest absolute Gasteiger partial charge is 0.506 e. The molecule has 0 radical (unpaired) electrons. The number of rotatable bonds is 6. The summed E-state index contributed by atoms with van der Waals surface area (Å²) in [5.74, 6) is -1.41. The Bertz CT molecular complexity index is 754. The Labute approximate surface area is 178 Å². The zero-order valence-corrected chi connectivity index (χ0v) is 20.0. The number of nitrogens with one attached hydrogen (secondary N) is 1. The van der Waals surface area contributed by atoms with Crippen LogP contribution >= 0.6 is 11.6 Å². The van der Waals surface area contributed by atoms with E-state index in [-0.39, 0.29) is 15.8 Å². The van der Waals surface area contributed by atoms with Crippen LogP contribution in [0.5, 0.6) is 5.75 Å². The average Bonchev–Trinajstić information content (AvgIpc) is 2.50. The molecule has 0 bridgehead atoms. The number of hydrogen-bond acceptors (Lipinski definition) is 5. The van der Waals surface area contributed by atoms with E-state index in [0.717, 1.165) is 0 Å². The average molecular weight is 446 g/mol. The van der Waals surface area contributed by atoms with E-state index >= 15 is 0 Å². The van der Waals surface area contributed by atoms with Gasteiger partial charge >= 0.3 is 12.1 Å². The molecule has 9 heteroatoms. The third-order valence-electron chi connectivity index (χ3n) is 4.77. The van der Waals surface area contributed by atoms with Crippen molar-refractivity contribution in [3.63, 3.8) is 0 Å². The molecule has 0 unspecified atom stereocenters. The first-order valence-corrected chi connectivity index (χ1v) is 12.6. The number of carboxylic acids is 1. The Hall–Kier alpha value is -1.77. The summed E-state index contributed by atoms with van der Waals surface area (Å²) in [4.78, 5) is 24.4. The second-order valence-electron chi connectivity index (χ2n) is 9.47. The van der Waals surface area contributed by atoms with Crippen molar-refractivity contribution in [1.29, 1.82) is 0 Å². The number of amides is 1. The Balaban J connectivity index is 3.39. The number of carbonyl (C=O) groups excluding carboxylic acids is 1. The number of benzene rings is 1. The molecule has 0 fully saturated rings. The van der Waals surface area contributed by atoms with Gasteiger partial charge in [0.1, 0.15) is 17.5 Å². The summed E-state index contributed by atoms with van der Waals surface area (Å²) >= 11 is 6.04. The van der Waals surface area contributed by atoms with Gasteiger partial charge in [0, 0.05) is 0 Å². The van der Waals surface area contributed by atoms with E-state index in [1.807, 2.05) is 33.9 Å². The Morgan fingerprint density at radius 2 is 1.69 bits per heavy atom. The number of halogens is 1. The first kappa shape index (κ1) is 25.3. The van der Waals surface area contributed by atoms with Crippen LogP contribution in [0, 0.1) is 0 Å². The van der Waals surface area contributed by atoms with Gasteiger partial charge in [0.25, 0.3) is 0 Å². The van der Waals surface area contributed by atoms with Crippen molar-refractivity contribution in [2.75, 3.05) is 0 Å². The highest BCUT2D eigenvalue weighted by molar-refractivity contribution is 6.74. The fourth-order valence-electron chi connectivity index (χ4n) is 2.22. The summed E-state index contributed by atoms with van der Waals surface area (Å²) in [5.41, 5.74) is -0.355. The van der Waals surface area contributed by atoms with Crippen molar-refractivity contribution in [1.82, 2.24) is 5.32 Å². The maximum Gasteiger partial charge on any atom is 0.408 e. The molecule has 1 rings (SSSR count). The number of carbonyl (C=O) groups is 2. The fourth-order valence-corrected chi connectivity index (χ4v) is 3.67. The van der Waals surface area contributed by atoms with E-state index < -0.39 is 38.1 Å². The molecular formula is C20H32ClNO6Si. The third-order valence-corrected chi connectivity index (χ3v) is 9.53. The molecule has 164 valence electrons. The third kappa shape index (κ3) is 7.20. The van der Waals surface area contributed by atoms with Crippen LogP contribution in [0.15, 0.2) is 18.2 Å². The Morgan fingerprint density at radius 3 is 2.10 bits per heavy atom. The lowest BCUT2D eigenvalue weighted by atomic mass is 10.0. The molecule has 0 saturated heterocycles. The smallest absolute Gasteiger partial charge is 0.408 e. The number of carboxylic acid groups (broad SMARTS) is 1. The molecule has 0 aromatic heterocycles. The minimum atomic E-state index is -2.45. The molecule has 2 atom stereocenters. The first-order valence-electron chi connectivity index (χ1n) is 9.33. The van der Waals surface area contributed by atoms with E-state index in [1.54, 1.807) is 20.8 Å². The van der Waals surface area contributed by atoms with Crippen LogP contribution in [-0.2, 0) is 14.0 Å². The van der Waals surface area contributed by atoms with Gasteiger partial charge in [-0.1, -0.05) is 38.4 Å². The van der Waals surface area contributed by atoms with E-state index in [4.69, 9.17) is 20.8 Å². The van der Waals surface area contributed by atoms with Crippen molar-refractivity contribution >= 4 is 32.0 Å². The number of aromatic hydroxyl groups is 1. The first-order chi connectivity index (χ1) is 12.9. The van der Waals surface area contributed by atoms with Crippen LogP contribution in [0.1, 0.15) is 53.2 Å². The zero-order valence-electron chi connectivity index (χ0n) is 18.3. The van der Waals surface area contributed by atoms with Gasteiger partial charge in [-0.3, -0.25) is 0 Å². The molecule has 0 aliphatic heterocycles. The predicted molar refractivity (Wildman–Crippen MR) is 115 cm³/mol. The molecule has 0 aliphatic carbocycles. The molecule has 1 aromatic rings. The Morgan fingerprint density at radius 1 is 1.14 bits per heavy atom. The second kappa shape index (κ2) is 8.93. The summed E-state index contributed by atoms with van der Waals surface area (Å²) in [7, 11) is -2.45. The van der Waals surface area contributed by atoms with Crippen LogP contribution in [0.3, 0.4) is 0 Å². The lowest BCUT2D eigenvalue weighted by Gasteiger charge is -2.41. The minimum absolute atomic E-state index is 0.0627. The van der Waals surface area contributed by atoms with Gasteiger partial charge in [-0.15, -0.1) is 0 Å². The Kier molecular flexibility index (Phi) is 7.78. The van der Waals surface area contributed by atoms with Gasteiger partial charge in [0.15, 0.2) is 14.4 Å². The van der Waals surface area contributed by atoms with Crippen LogP contribution in [-0.4, -0.2) is 42.2 Å². The summed E-state index contributed by atoms with van der Waals surface area (Å²) in [6.07, 6.45) is -1.89. The molecule has 0 aliphatic rings. The number of hydrogen-bond donors (Lipinski definition) is 3. The molecule has 1 amide bonds. The molecule has 29 heavy (non-hydrogen) atoms. The molecule has 0 saturated carbocycles. The SMILES string of the molecule is CC(C)(C)OC(=O)N[C@@H](C(=O)O)[C@H](O[Si](C)(C)C(C)(C)C)c1ccc(O)c(Cl)c1. The number of alkyl carbamates (subject to hydrolysis) is 1. The van der Waals surface area contributed by atoms with Gasteiger partial charge in [-0.2, -0.15) is 0 Å². The summed E-state index contributed by atoms with van der Waals surface area (Å²) < 4.78 is 11.6. The highest BCUT2D eigenvalue weighted by Gasteiger charge is 2.43. The van der Waals surface area contributed by atoms with Crippen molar-refractivity contribution < 1.29 is 29.0 Å². The summed E-state index contributed by atoms with van der Waals surface area (Å²) in [5, 5.41) is 21.9. The van der Waals surface area contributed by atoms with E-state index in [1.165, 1.54) is 18.2 Å². The van der Waals surface area contributed by atoms with Crippen LogP contribution < -0.4 is 5.32 Å².